The summed E-state index contributed by atoms with van der Waals surface area (Å²) in [4.78, 5) is 10.9. The summed E-state index contributed by atoms with van der Waals surface area (Å²) in [5.41, 5.74) is 5.63. The fourth-order valence-electron chi connectivity index (χ4n) is 1.03. The molecular weight excluding hydrogens is 246 g/mol. The van der Waals surface area contributed by atoms with Crippen molar-refractivity contribution in [1.82, 2.24) is 0 Å². The van der Waals surface area contributed by atoms with Crippen molar-refractivity contribution in [2.45, 2.75) is 0 Å². The smallest absolute Gasteiger partial charge is 0.241 e. The van der Waals surface area contributed by atoms with Gasteiger partial charge in [-0.3, -0.25) is 4.79 Å². The van der Waals surface area contributed by atoms with Crippen LogP contribution in [0.25, 0.3) is 0 Å². The number of anilines is 1. The molecule has 0 aromatic heterocycles. The zero-order chi connectivity index (χ0) is 12.1. The summed E-state index contributed by atoms with van der Waals surface area (Å²) in [6, 6.07) is 8.49. The van der Waals surface area contributed by atoms with Crippen LogP contribution in [-0.2, 0) is 4.79 Å². The van der Waals surface area contributed by atoms with Crippen molar-refractivity contribution in [2.75, 3.05) is 5.32 Å². The summed E-state index contributed by atoms with van der Waals surface area (Å²) in [6.07, 6.45) is 0. The lowest BCUT2D eigenvalue weighted by atomic mass is 10.1. The van der Waals surface area contributed by atoms with Crippen LogP contribution in [0.15, 0.2) is 24.3 Å². The Morgan fingerprint density at radius 1 is 1.62 bits per heavy atom. The van der Waals surface area contributed by atoms with Gasteiger partial charge < -0.3 is 11.1 Å². The molecule has 0 aliphatic heterocycles. The molecule has 0 saturated heterocycles. The summed E-state index contributed by atoms with van der Waals surface area (Å²) < 4.78 is 0. The molecule has 1 unspecified atom stereocenters. The first kappa shape index (κ1) is 12.4. The number of amides is 1. The van der Waals surface area contributed by atoms with E-state index in [0.29, 0.717) is 10.7 Å². The molecule has 16 heavy (non-hydrogen) atoms. The first-order valence-electron chi connectivity index (χ1n) is 4.30. The van der Waals surface area contributed by atoms with Crippen molar-refractivity contribution >= 4 is 40.4 Å². The van der Waals surface area contributed by atoms with Crippen LogP contribution in [0.4, 0.5) is 5.69 Å². The number of nitriles is 1. The molecule has 0 fully saturated rings. The molecule has 1 aromatic carbocycles. The number of nitrogens with one attached hydrogen (secondary N) is 1. The molecule has 3 N–H and O–H groups in total. The minimum Gasteiger partial charge on any atom is -0.368 e. The van der Waals surface area contributed by atoms with E-state index < -0.39 is 11.8 Å². The molecule has 1 aromatic rings. The van der Waals surface area contributed by atoms with E-state index in [1.165, 1.54) is 0 Å². The third-order valence-corrected chi connectivity index (χ3v) is 2.34. The third kappa shape index (κ3) is 3.19. The highest BCUT2D eigenvalue weighted by Crippen LogP contribution is 2.16. The van der Waals surface area contributed by atoms with Crippen molar-refractivity contribution in [3.8, 4) is 6.07 Å². The summed E-state index contributed by atoms with van der Waals surface area (Å²) >= 11 is 10.7. The van der Waals surface area contributed by atoms with E-state index in [2.05, 4.69) is 5.32 Å². The van der Waals surface area contributed by atoms with Gasteiger partial charge in [-0.05, 0) is 18.2 Å². The Morgan fingerprint density at radius 3 is 2.81 bits per heavy atom. The SMILES string of the molecule is N#CC(C(N)=O)C(=S)Nc1cccc(Cl)c1. The molecule has 0 spiro atoms. The van der Waals surface area contributed by atoms with Gasteiger partial charge in [-0.1, -0.05) is 29.9 Å². The van der Waals surface area contributed by atoms with Gasteiger partial charge in [-0.25, -0.2) is 0 Å². The van der Waals surface area contributed by atoms with Gasteiger partial charge in [0.25, 0.3) is 0 Å². The number of primary amides is 1. The van der Waals surface area contributed by atoms with E-state index >= 15 is 0 Å². The van der Waals surface area contributed by atoms with Gasteiger partial charge in [-0.2, -0.15) is 5.26 Å². The molecule has 82 valence electrons. The van der Waals surface area contributed by atoms with E-state index in [1.54, 1.807) is 30.3 Å². The molecule has 4 nitrogen and oxygen atoms in total. The fraction of sp³-hybridized carbons (Fsp3) is 0.100. The number of carbonyl (C=O) groups excluding carboxylic acids is 1. The number of hydrogen-bond donors (Lipinski definition) is 2. The van der Waals surface area contributed by atoms with Gasteiger partial charge in [0.05, 0.1) is 6.07 Å². The Kier molecular flexibility index (Phi) is 4.23. The van der Waals surface area contributed by atoms with Gasteiger partial charge >= 0.3 is 0 Å². The van der Waals surface area contributed by atoms with Crippen molar-refractivity contribution in [3.05, 3.63) is 29.3 Å². The lowest BCUT2D eigenvalue weighted by Crippen LogP contribution is -2.32. The predicted molar refractivity (Wildman–Crippen MR) is 66.0 cm³/mol. The lowest BCUT2D eigenvalue weighted by molar-refractivity contribution is -0.118. The molecule has 0 heterocycles. The van der Waals surface area contributed by atoms with E-state index in [-0.39, 0.29) is 4.99 Å². The normalized spacial score (nSPS) is 11.2. The van der Waals surface area contributed by atoms with Crippen molar-refractivity contribution < 1.29 is 4.79 Å². The van der Waals surface area contributed by atoms with E-state index in [0.717, 1.165) is 0 Å². The number of benzene rings is 1. The van der Waals surface area contributed by atoms with Gasteiger partial charge in [-0.15, -0.1) is 0 Å². The first-order valence-corrected chi connectivity index (χ1v) is 5.08. The summed E-state index contributed by atoms with van der Waals surface area (Å²) in [5.74, 6) is -1.91. The van der Waals surface area contributed by atoms with Gasteiger partial charge in [0.15, 0.2) is 5.92 Å². The number of rotatable bonds is 3. The third-order valence-electron chi connectivity index (χ3n) is 1.77. The summed E-state index contributed by atoms with van der Waals surface area (Å²) in [5, 5.41) is 12.0. The number of nitrogens with two attached hydrogens (primary N) is 1. The maximum atomic E-state index is 10.9. The average Bonchev–Trinajstić information content (AvgIpc) is 2.17. The highest BCUT2D eigenvalue weighted by molar-refractivity contribution is 7.80. The molecule has 0 saturated carbocycles. The molecule has 0 aliphatic rings. The highest BCUT2D eigenvalue weighted by atomic mass is 35.5. The quantitative estimate of drug-likeness (QED) is 0.804. The molecule has 1 amide bonds. The molecular formula is C10H8ClN3OS. The van der Waals surface area contributed by atoms with Crippen LogP contribution >= 0.6 is 23.8 Å². The van der Waals surface area contributed by atoms with E-state index in [9.17, 15) is 4.79 Å². The maximum absolute atomic E-state index is 10.9. The van der Waals surface area contributed by atoms with Crippen LogP contribution in [-0.4, -0.2) is 10.9 Å². The molecule has 0 bridgehead atoms. The molecule has 1 atom stereocenters. The standard InChI is InChI=1S/C10H8ClN3OS/c11-6-2-1-3-7(4-6)14-10(16)8(5-12)9(13)15/h1-4,8H,(H2,13,15)(H,14,16). The Bertz CT molecular complexity index is 469. The maximum Gasteiger partial charge on any atom is 0.241 e. The second-order valence-electron chi connectivity index (χ2n) is 2.96. The van der Waals surface area contributed by atoms with Crippen LogP contribution in [0.5, 0.6) is 0 Å². The molecule has 1 rings (SSSR count). The minimum atomic E-state index is -1.13. The lowest BCUT2D eigenvalue weighted by Gasteiger charge is -2.10. The van der Waals surface area contributed by atoms with Crippen LogP contribution in [0.3, 0.4) is 0 Å². The van der Waals surface area contributed by atoms with Crippen LogP contribution in [0.1, 0.15) is 0 Å². The second kappa shape index (κ2) is 5.45. The zero-order valence-corrected chi connectivity index (χ0v) is 9.68. The Hall–Kier alpha value is -1.64. The van der Waals surface area contributed by atoms with Crippen molar-refractivity contribution in [3.63, 3.8) is 0 Å². The van der Waals surface area contributed by atoms with E-state index in [4.69, 9.17) is 34.8 Å². The second-order valence-corrected chi connectivity index (χ2v) is 3.84. The van der Waals surface area contributed by atoms with Crippen molar-refractivity contribution in [2.24, 2.45) is 11.7 Å². The summed E-state index contributed by atoms with van der Waals surface area (Å²) in [7, 11) is 0. The summed E-state index contributed by atoms with van der Waals surface area (Å²) in [6.45, 7) is 0. The molecule has 0 radical (unpaired) electrons. The predicted octanol–water partition coefficient (Wildman–Crippen LogP) is 1.70. The highest BCUT2D eigenvalue weighted by Gasteiger charge is 2.19. The topological polar surface area (TPSA) is 78.9 Å². The van der Waals surface area contributed by atoms with Crippen LogP contribution in [0, 0.1) is 17.2 Å². The molecule has 0 aliphatic carbocycles. The molecule has 6 heteroatoms. The number of carbonyl (C=O) groups is 1. The fourth-order valence-corrected chi connectivity index (χ4v) is 1.51. The monoisotopic (exact) mass is 253 g/mol. The number of nitrogens with zero attached hydrogens (tertiary/aromatic N) is 1. The van der Waals surface area contributed by atoms with Crippen LogP contribution in [0.2, 0.25) is 5.02 Å². The number of halogens is 1. The van der Waals surface area contributed by atoms with E-state index in [1.807, 2.05) is 0 Å². The van der Waals surface area contributed by atoms with Crippen molar-refractivity contribution in [1.29, 1.82) is 5.26 Å². The Labute approximate surface area is 103 Å². The Balaban J connectivity index is 2.79. The van der Waals surface area contributed by atoms with Crippen LogP contribution < -0.4 is 11.1 Å². The first-order chi connectivity index (χ1) is 7.54. The van der Waals surface area contributed by atoms with Gasteiger partial charge in [0, 0.05) is 10.7 Å². The minimum absolute atomic E-state index is 0.0669. The van der Waals surface area contributed by atoms with Gasteiger partial charge in [0.1, 0.15) is 4.99 Å². The number of thiocarbonyl (C=S) groups is 1. The Morgan fingerprint density at radius 2 is 2.31 bits per heavy atom. The average molecular weight is 254 g/mol. The zero-order valence-electron chi connectivity index (χ0n) is 8.11. The van der Waals surface area contributed by atoms with Gasteiger partial charge in [0.2, 0.25) is 5.91 Å². The largest absolute Gasteiger partial charge is 0.368 e. The number of hydrogen-bond acceptors (Lipinski definition) is 3.